The van der Waals surface area contributed by atoms with Crippen LogP contribution in [0.15, 0.2) is 0 Å². The van der Waals surface area contributed by atoms with Gasteiger partial charge in [-0.1, -0.05) is 0 Å². The Bertz CT molecular complexity index is 4140. The van der Waals surface area contributed by atoms with Gasteiger partial charge in [0.05, 0.1) is 61.6 Å². The molecule has 79 heavy (non-hydrogen) atoms. The zero-order valence-corrected chi connectivity index (χ0v) is 53.1. The molecule has 0 saturated heterocycles. The van der Waals surface area contributed by atoms with Crippen molar-refractivity contribution in [3.63, 3.8) is 0 Å². The number of rotatable bonds is 6. The van der Waals surface area contributed by atoms with Gasteiger partial charge in [0.1, 0.15) is 17.5 Å². The number of aromatic nitrogens is 8. The first-order valence-electron chi connectivity index (χ1n) is 28.5. The third-order valence-electron chi connectivity index (χ3n) is 20.6. The maximum atomic E-state index is 5.90. The SMILES string of the molecule is Cc1c(-c2c(C)c(C)c(-n3c(C)nc4c(C)c(C)c(C)c(C)c43)c(C)c2C)nc(-c2c(C)c(C)c(-n3c(C)nc4c(C)c(C)c(C)c(C)c43)c(C)c2C)nc1-c1c(C)c(C)c(-n2c(C)nc3c(C)c(C)c(C)c(C)c32)c(C)c1C. The van der Waals surface area contributed by atoms with Crippen molar-refractivity contribution in [2.24, 2.45) is 0 Å². The topological polar surface area (TPSA) is 79.2 Å². The summed E-state index contributed by atoms with van der Waals surface area (Å²) in [5, 5.41) is 0. The molecule has 0 radical (unpaired) electrons. The van der Waals surface area contributed by atoms with Gasteiger partial charge in [0.2, 0.25) is 0 Å². The number of benzene rings is 6. The first-order valence-corrected chi connectivity index (χ1v) is 28.5. The predicted molar refractivity (Wildman–Crippen MR) is 335 cm³/mol. The summed E-state index contributed by atoms with van der Waals surface area (Å²) in [6.07, 6.45) is 0. The summed E-state index contributed by atoms with van der Waals surface area (Å²) in [4.78, 5) is 27.7. The fraction of sp³-hybridized carbons (Fsp3) is 0.394. The molecule has 0 amide bonds. The van der Waals surface area contributed by atoms with Crippen molar-refractivity contribution in [1.82, 2.24) is 38.6 Å². The summed E-state index contributed by atoms with van der Waals surface area (Å²) < 4.78 is 7.31. The third kappa shape index (κ3) is 7.40. The molecule has 0 aliphatic heterocycles. The molecule has 4 heterocycles. The van der Waals surface area contributed by atoms with Crippen LogP contribution in [-0.4, -0.2) is 38.6 Å². The number of hydrogen-bond acceptors (Lipinski definition) is 5. The van der Waals surface area contributed by atoms with Crippen molar-refractivity contribution in [2.45, 2.75) is 194 Å². The van der Waals surface area contributed by atoms with Gasteiger partial charge in [0, 0.05) is 22.3 Å². The lowest BCUT2D eigenvalue weighted by atomic mass is 9.85. The van der Waals surface area contributed by atoms with Crippen LogP contribution in [0.2, 0.25) is 0 Å². The lowest BCUT2D eigenvalue weighted by molar-refractivity contribution is 0.962. The van der Waals surface area contributed by atoms with E-state index in [1.807, 2.05) is 0 Å². The first-order chi connectivity index (χ1) is 36.9. The lowest BCUT2D eigenvalue weighted by Crippen LogP contribution is -2.13. The second-order valence-electron chi connectivity index (χ2n) is 24.1. The molecule has 8 heteroatoms. The minimum Gasteiger partial charge on any atom is -0.296 e. The van der Waals surface area contributed by atoms with Gasteiger partial charge < -0.3 is 0 Å². The molecule has 6 aromatic carbocycles. The lowest BCUT2D eigenvalue weighted by Gasteiger charge is -2.27. The maximum absolute atomic E-state index is 5.90. The average Bonchev–Trinajstić information content (AvgIpc) is 4.07. The van der Waals surface area contributed by atoms with Crippen molar-refractivity contribution in [1.29, 1.82) is 0 Å². The average molecular weight is 1050 g/mol. The fourth-order valence-corrected chi connectivity index (χ4v) is 14.0. The second-order valence-corrected chi connectivity index (χ2v) is 24.1. The van der Waals surface area contributed by atoms with Crippen molar-refractivity contribution in [3.05, 3.63) is 157 Å². The first kappa shape index (κ1) is 55.1. The summed E-state index contributed by atoms with van der Waals surface area (Å²) in [5.74, 6) is 3.73. The molecule has 0 atom stereocenters. The Hall–Kier alpha value is -7.19. The third-order valence-corrected chi connectivity index (χ3v) is 20.6. The number of nitrogens with zero attached hydrogens (tertiary/aromatic N) is 8. The van der Waals surface area contributed by atoms with Crippen molar-refractivity contribution in [2.75, 3.05) is 0 Å². The molecule has 0 aliphatic rings. The highest BCUT2D eigenvalue weighted by atomic mass is 15.1. The van der Waals surface area contributed by atoms with E-state index in [0.29, 0.717) is 0 Å². The molecule has 8 nitrogen and oxygen atoms in total. The van der Waals surface area contributed by atoms with E-state index in [9.17, 15) is 0 Å². The van der Waals surface area contributed by atoms with Crippen molar-refractivity contribution < 1.29 is 0 Å². The summed E-state index contributed by atoms with van der Waals surface area (Å²) in [5.41, 5.74) is 46.8. The zero-order chi connectivity index (χ0) is 58.1. The number of aryl methyl sites for hydroxylation is 9. The quantitative estimate of drug-likeness (QED) is 0.166. The van der Waals surface area contributed by atoms with E-state index in [-0.39, 0.29) is 0 Å². The van der Waals surface area contributed by atoms with Crippen LogP contribution in [-0.2, 0) is 0 Å². The Kier molecular flexibility index (Phi) is 13.1. The normalized spacial score (nSPS) is 12.1. The Morgan fingerprint density at radius 2 is 0.405 bits per heavy atom. The molecular formula is C71H84N8. The molecule has 10 aromatic rings. The molecule has 10 rings (SSSR count). The van der Waals surface area contributed by atoms with Crippen LogP contribution < -0.4 is 0 Å². The monoisotopic (exact) mass is 1050 g/mol. The van der Waals surface area contributed by atoms with Gasteiger partial charge in [0.25, 0.3) is 0 Å². The molecule has 0 unspecified atom stereocenters. The molecule has 0 aliphatic carbocycles. The summed E-state index contributed by atoms with van der Waals surface area (Å²) >= 11 is 0. The van der Waals surface area contributed by atoms with E-state index in [2.05, 4.69) is 208 Å². The fourth-order valence-electron chi connectivity index (χ4n) is 14.0. The Balaban J connectivity index is 1.30. The standard InChI is InChI=1S/C71H84N8/c1-29-32(4)44(16)68-62(41(29)13)72-54(26)77(68)65-47(19)35(7)57(36(8)48(65)20)60-53(25)61(58-37(9)49(21)66(50(22)38(58)10)78-55(27)73-63-42(14)30(2)33(5)45(17)69(63)78)76-71(75-60)59-39(11)51(23)67(52(24)40(59)12)79-56(28)74-64-43(15)31(3)34(6)46(18)70(64)79/h1-28H3. The van der Waals surface area contributed by atoms with Gasteiger partial charge in [-0.25, -0.2) is 24.9 Å². The number of fused-ring (bicyclic) bond motifs is 3. The van der Waals surface area contributed by atoms with E-state index in [4.69, 9.17) is 24.9 Å². The van der Waals surface area contributed by atoms with Crippen LogP contribution in [0, 0.1) is 194 Å². The van der Waals surface area contributed by atoms with E-state index in [0.717, 1.165) is 73.5 Å². The van der Waals surface area contributed by atoms with E-state index < -0.39 is 0 Å². The summed E-state index contributed by atoms with van der Waals surface area (Å²) in [6.45, 7) is 63.2. The van der Waals surface area contributed by atoms with Crippen LogP contribution in [0.25, 0.3) is 84.1 Å². The van der Waals surface area contributed by atoms with Crippen molar-refractivity contribution in [3.8, 4) is 51.0 Å². The zero-order valence-electron chi connectivity index (χ0n) is 53.1. The van der Waals surface area contributed by atoms with Crippen LogP contribution >= 0.6 is 0 Å². The van der Waals surface area contributed by atoms with Gasteiger partial charge in [-0.3, -0.25) is 13.7 Å². The van der Waals surface area contributed by atoms with Crippen LogP contribution in [0.1, 0.15) is 157 Å². The molecular weight excluding hydrogens is 965 g/mol. The van der Waals surface area contributed by atoms with Gasteiger partial charge >= 0.3 is 0 Å². The molecule has 4 aromatic heterocycles. The van der Waals surface area contributed by atoms with E-state index >= 15 is 0 Å². The van der Waals surface area contributed by atoms with Gasteiger partial charge in [0.15, 0.2) is 5.82 Å². The smallest absolute Gasteiger partial charge is 0.160 e. The Morgan fingerprint density at radius 3 is 0.646 bits per heavy atom. The highest BCUT2D eigenvalue weighted by Gasteiger charge is 2.31. The minimum atomic E-state index is 0.743. The molecule has 0 saturated carbocycles. The number of imidazole rings is 3. The molecule has 0 bridgehead atoms. The number of hydrogen-bond donors (Lipinski definition) is 0. The van der Waals surface area contributed by atoms with Crippen LogP contribution in [0.3, 0.4) is 0 Å². The van der Waals surface area contributed by atoms with Gasteiger partial charge in [-0.05, 0) is 327 Å². The molecule has 0 N–H and O–H groups in total. The summed E-state index contributed by atoms with van der Waals surface area (Å²) in [6, 6.07) is 0. The molecule has 0 fully saturated rings. The summed E-state index contributed by atoms with van der Waals surface area (Å²) in [7, 11) is 0. The highest BCUT2D eigenvalue weighted by molar-refractivity contribution is 5.93. The second kappa shape index (κ2) is 18.7. The Morgan fingerprint density at radius 1 is 0.190 bits per heavy atom. The van der Waals surface area contributed by atoms with Crippen molar-refractivity contribution >= 4 is 33.1 Å². The molecule has 408 valence electrons. The Labute approximate surface area is 470 Å². The van der Waals surface area contributed by atoms with Crippen LogP contribution in [0.4, 0.5) is 0 Å². The van der Waals surface area contributed by atoms with Crippen LogP contribution in [0.5, 0.6) is 0 Å². The minimum absolute atomic E-state index is 0.743. The van der Waals surface area contributed by atoms with Gasteiger partial charge in [-0.2, -0.15) is 0 Å². The van der Waals surface area contributed by atoms with Gasteiger partial charge in [-0.15, -0.1) is 0 Å². The van der Waals surface area contributed by atoms with E-state index in [1.165, 1.54) is 167 Å². The van der Waals surface area contributed by atoms with E-state index in [1.54, 1.807) is 0 Å². The molecule has 0 spiro atoms. The largest absolute Gasteiger partial charge is 0.296 e. The maximum Gasteiger partial charge on any atom is 0.160 e. The predicted octanol–water partition coefficient (Wildman–Crippen LogP) is 18.1. The highest BCUT2D eigenvalue weighted by Crippen LogP contribution is 2.47.